The van der Waals surface area contributed by atoms with E-state index < -0.39 is 0 Å². The molecule has 0 radical (unpaired) electrons. The van der Waals surface area contributed by atoms with Gasteiger partial charge < -0.3 is 14.5 Å². The van der Waals surface area contributed by atoms with Crippen LogP contribution in [0, 0.1) is 0 Å². The van der Waals surface area contributed by atoms with Crippen LogP contribution in [0.1, 0.15) is 31.9 Å². The van der Waals surface area contributed by atoms with Crippen LogP contribution >= 0.6 is 11.8 Å². The van der Waals surface area contributed by atoms with Gasteiger partial charge in [0.15, 0.2) is 0 Å². The summed E-state index contributed by atoms with van der Waals surface area (Å²) in [4.78, 5) is 4.76. The molecule has 0 spiro atoms. The Hall–Kier alpha value is -1.04. The monoisotopic (exact) mass is 307 g/mol. The van der Waals surface area contributed by atoms with Gasteiger partial charge in [0, 0.05) is 26.4 Å². The number of imidazole rings is 1. The van der Waals surface area contributed by atoms with E-state index in [-0.39, 0.29) is 0 Å². The number of hydrogen-bond acceptors (Lipinski definition) is 4. The molecule has 0 aliphatic rings. The van der Waals surface area contributed by atoms with Crippen LogP contribution in [0.25, 0.3) is 5.65 Å². The molecule has 2 aromatic rings. The van der Waals surface area contributed by atoms with Crippen molar-refractivity contribution in [2.24, 2.45) is 0 Å². The first kappa shape index (κ1) is 16.3. The lowest BCUT2D eigenvalue weighted by atomic mass is 10.3. The Morgan fingerprint density at radius 1 is 1.33 bits per heavy atom. The summed E-state index contributed by atoms with van der Waals surface area (Å²) in [6.45, 7) is 4.65. The van der Waals surface area contributed by atoms with Gasteiger partial charge >= 0.3 is 0 Å². The van der Waals surface area contributed by atoms with Crippen LogP contribution < -0.4 is 5.32 Å². The van der Waals surface area contributed by atoms with Crippen molar-refractivity contribution < 1.29 is 4.74 Å². The molecule has 2 rings (SSSR count). The summed E-state index contributed by atoms with van der Waals surface area (Å²) in [5.41, 5.74) is 2.28. The van der Waals surface area contributed by atoms with Gasteiger partial charge in [-0.2, -0.15) is 0 Å². The third-order valence-corrected chi connectivity index (χ3v) is 4.45. The molecule has 2 heterocycles. The number of ether oxygens (including phenoxy) is 1. The van der Waals surface area contributed by atoms with Crippen molar-refractivity contribution >= 4 is 17.4 Å². The Morgan fingerprint density at radius 3 is 3.05 bits per heavy atom. The second-order valence-corrected chi connectivity index (χ2v) is 6.10. The maximum absolute atomic E-state index is 5.08. The fourth-order valence-electron chi connectivity index (χ4n) is 2.20. The molecular formula is C16H25N3OS. The summed E-state index contributed by atoms with van der Waals surface area (Å²) < 4.78 is 7.26. The van der Waals surface area contributed by atoms with Gasteiger partial charge in [-0.1, -0.05) is 25.8 Å². The van der Waals surface area contributed by atoms with Gasteiger partial charge in [-0.05, 0) is 24.3 Å². The first-order chi connectivity index (χ1) is 10.4. The van der Waals surface area contributed by atoms with Crippen LogP contribution in [-0.4, -0.2) is 35.4 Å². The highest BCUT2D eigenvalue weighted by Gasteiger charge is 2.11. The number of nitrogens with one attached hydrogen (secondary N) is 1. The minimum absolute atomic E-state index is 0.732. The molecule has 21 heavy (non-hydrogen) atoms. The van der Waals surface area contributed by atoms with Crippen molar-refractivity contribution in [3.8, 4) is 0 Å². The fourth-order valence-corrected chi connectivity index (χ4v) is 3.24. The standard InChI is InChI=1S/C16H25N3OS/c1-3-4-7-12-21-16-14(13-17-9-11-20-2)19-10-6-5-8-15(19)18-16/h5-6,8,10,17H,3-4,7,9,11-13H2,1-2H3. The summed E-state index contributed by atoms with van der Waals surface area (Å²) >= 11 is 1.87. The van der Waals surface area contributed by atoms with Gasteiger partial charge in [0.05, 0.1) is 12.3 Å². The number of nitrogens with zero attached hydrogens (tertiary/aromatic N) is 2. The van der Waals surface area contributed by atoms with E-state index in [2.05, 4.69) is 35.0 Å². The predicted molar refractivity (Wildman–Crippen MR) is 89.0 cm³/mol. The lowest BCUT2D eigenvalue weighted by Gasteiger charge is -2.06. The smallest absolute Gasteiger partial charge is 0.138 e. The summed E-state index contributed by atoms with van der Waals surface area (Å²) in [5, 5.41) is 4.58. The molecule has 0 atom stereocenters. The van der Waals surface area contributed by atoms with E-state index in [9.17, 15) is 0 Å². The highest BCUT2D eigenvalue weighted by atomic mass is 32.2. The average Bonchev–Trinajstić information content (AvgIpc) is 2.86. The van der Waals surface area contributed by atoms with Gasteiger partial charge in [0.25, 0.3) is 0 Å². The van der Waals surface area contributed by atoms with Crippen molar-refractivity contribution in [3.63, 3.8) is 0 Å². The zero-order valence-electron chi connectivity index (χ0n) is 13.0. The minimum Gasteiger partial charge on any atom is -0.383 e. The van der Waals surface area contributed by atoms with Crippen LogP contribution in [0.5, 0.6) is 0 Å². The first-order valence-electron chi connectivity index (χ1n) is 7.65. The normalized spacial score (nSPS) is 11.3. The number of unbranched alkanes of at least 4 members (excludes halogenated alkanes) is 2. The van der Waals surface area contributed by atoms with Gasteiger partial charge in [0.2, 0.25) is 0 Å². The second-order valence-electron chi connectivity index (χ2n) is 5.02. The van der Waals surface area contributed by atoms with Crippen LogP contribution in [0.2, 0.25) is 0 Å². The van der Waals surface area contributed by atoms with Gasteiger partial charge in [-0.25, -0.2) is 4.98 Å². The summed E-state index contributed by atoms with van der Waals surface area (Å²) in [7, 11) is 1.73. The zero-order valence-corrected chi connectivity index (χ0v) is 13.8. The Morgan fingerprint density at radius 2 is 2.24 bits per heavy atom. The summed E-state index contributed by atoms with van der Waals surface area (Å²) in [5.74, 6) is 1.14. The van der Waals surface area contributed by atoms with E-state index >= 15 is 0 Å². The largest absolute Gasteiger partial charge is 0.383 e. The molecule has 0 unspecified atom stereocenters. The van der Waals surface area contributed by atoms with E-state index in [1.807, 2.05) is 17.8 Å². The Bertz CT molecular complexity index is 541. The van der Waals surface area contributed by atoms with E-state index in [4.69, 9.17) is 9.72 Å². The fraction of sp³-hybridized carbons (Fsp3) is 0.562. The highest BCUT2D eigenvalue weighted by molar-refractivity contribution is 7.99. The molecule has 116 valence electrons. The molecular weight excluding hydrogens is 282 g/mol. The highest BCUT2D eigenvalue weighted by Crippen LogP contribution is 2.24. The number of thioether (sulfide) groups is 1. The van der Waals surface area contributed by atoms with Crippen LogP contribution in [0.4, 0.5) is 0 Å². The molecule has 0 aliphatic carbocycles. The van der Waals surface area contributed by atoms with Crippen LogP contribution in [-0.2, 0) is 11.3 Å². The van der Waals surface area contributed by atoms with Crippen molar-refractivity contribution in [2.45, 2.75) is 37.8 Å². The zero-order chi connectivity index (χ0) is 14.9. The topological polar surface area (TPSA) is 38.6 Å². The molecule has 0 amide bonds. The van der Waals surface area contributed by atoms with Crippen molar-refractivity contribution in [3.05, 3.63) is 30.1 Å². The van der Waals surface area contributed by atoms with Gasteiger partial charge in [-0.15, -0.1) is 11.8 Å². The van der Waals surface area contributed by atoms with E-state index in [0.717, 1.165) is 36.1 Å². The van der Waals surface area contributed by atoms with E-state index in [0.29, 0.717) is 0 Å². The first-order valence-corrected chi connectivity index (χ1v) is 8.63. The molecule has 0 saturated carbocycles. The number of rotatable bonds is 10. The number of pyridine rings is 1. The number of methoxy groups -OCH3 is 1. The van der Waals surface area contributed by atoms with Crippen LogP contribution in [0.3, 0.4) is 0 Å². The number of fused-ring (bicyclic) bond motifs is 1. The quantitative estimate of drug-likeness (QED) is 0.539. The second kappa shape index (κ2) is 9.07. The number of hydrogen-bond donors (Lipinski definition) is 1. The summed E-state index contributed by atoms with van der Waals surface area (Å²) in [6, 6.07) is 6.16. The van der Waals surface area contributed by atoms with Crippen molar-refractivity contribution in [1.82, 2.24) is 14.7 Å². The lowest BCUT2D eigenvalue weighted by molar-refractivity contribution is 0.199. The summed E-state index contributed by atoms with van der Waals surface area (Å²) in [6.07, 6.45) is 5.90. The third kappa shape index (κ3) is 4.73. The van der Waals surface area contributed by atoms with Crippen molar-refractivity contribution in [2.75, 3.05) is 26.0 Å². The van der Waals surface area contributed by atoms with Crippen molar-refractivity contribution in [1.29, 1.82) is 0 Å². The molecule has 0 bridgehead atoms. The lowest BCUT2D eigenvalue weighted by Crippen LogP contribution is -2.19. The van der Waals surface area contributed by atoms with E-state index in [1.54, 1.807) is 7.11 Å². The molecule has 0 saturated heterocycles. The molecule has 0 fully saturated rings. The Balaban J connectivity index is 2.06. The SMILES string of the molecule is CCCCCSc1nc2ccccn2c1CNCCOC. The van der Waals surface area contributed by atoms with Crippen LogP contribution in [0.15, 0.2) is 29.4 Å². The Kier molecular flexibility index (Phi) is 7.06. The molecule has 1 N–H and O–H groups in total. The third-order valence-electron chi connectivity index (χ3n) is 3.35. The molecule has 2 aromatic heterocycles. The predicted octanol–water partition coefficient (Wildman–Crippen LogP) is 3.35. The number of aromatic nitrogens is 2. The maximum atomic E-state index is 5.08. The van der Waals surface area contributed by atoms with E-state index in [1.165, 1.54) is 25.0 Å². The Labute approximate surface area is 131 Å². The molecule has 0 aromatic carbocycles. The molecule has 0 aliphatic heterocycles. The molecule has 4 nitrogen and oxygen atoms in total. The average molecular weight is 307 g/mol. The molecule has 5 heteroatoms. The van der Waals surface area contributed by atoms with Gasteiger partial charge in [0.1, 0.15) is 10.7 Å². The van der Waals surface area contributed by atoms with Gasteiger partial charge in [-0.3, -0.25) is 0 Å². The maximum Gasteiger partial charge on any atom is 0.138 e. The minimum atomic E-state index is 0.732.